The molecule has 0 saturated carbocycles. The van der Waals surface area contributed by atoms with E-state index in [-0.39, 0.29) is 18.0 Å². The molecule has 2 N–H and O–H groups in total. The Bertz CT molecular complexity index is 792. The molecule has 2 aliphatic heterocycles. The van der Waals surface area contributed by atoms with Crippen molar-refractivity contribution in [3.05, 3.63) is 29.3 Å². The lowest BCUT2D eigenvalue weighted by Gasteiger charge is -2.35. The van der Waals surface area contributed by atoms with Crippen LogP contribution in [0.4, 0.5) is 0 Å². The first-order valence-electron chi connectivity index (χ1n) is 8.54. The minimum Gasteiger partial charge on any atom is -0.486 e. The zero-order chi connectivity index (χ0) is 17.4. The Kier molecular flexibility index (Phi) is 4.35. The highest BCUT2D eigenvalue weighted by Crippen LogP contribution is 2.35. The molecule has 0 aliphatic carbocycles. The number of benzene rings is 1. The van der Waals surface area contributed by atoms with Gasteiger partial charge in [0.05, 0.1) is 0 Å². The molecule has 1 fully saturated rings. The highest BCUT2D eigenvalue weighted by molar-refractivity contribution is 7.13. The number of nitrogens with zero attached hydrogens (tertiary/aromatic N) is 2. The fourth-order valence-electron chi connectivity index (χ4n) is 3.34. The highest BCUT2D eigenvalue weighted by Gasteiger charge is 2.29. The number of rotatable bonds is 2. The number of aromatic nitrogens is 1. The van der Waals surface area contributed by atoms with E-state index in [1.165, 1.54) is 11.3 Å². The van der Waals surface area contributed by atoms with E-state index in [0.717, 1.165) is 34.9 Å². The molecule has 132 valence electrons. The quantitative estimate of drug-likeness (QED) is 0.891. The fraction of sp³-hybridized carbons (Fsp3) is 0.444. The molecule has 0 bridgehead atoms. The van der Waals surface area contributed by atoms with Crippen molar-refractivity contribution >= 4 is 17.2 Å². The smallest absolute Gasteiger partial charge is 0.273 e. The first-order chi connectivity index (χ1) is 12.1. The van der Waals surface area contributed by atoms with Crippen LogP contribution in [0.15, 0.2) is 23.6 Å². The number of nitrogens with two attached hydrogens (primary N) is 1. The first-order valence-corrected chi connectivity index (χ1v) is 9.42. The van der Waals surface area contributed by atoms with Crippen LogP contribution in [0.1, 0.15) is 30.3 Å². The number of carbonyl (C=O) groups excluding carboxylic acids is 1. The van der Waals surface area contributed by atoms with Gasteiger partial charge in [-0.1, -0.05) is 0 Å². The Labute approximate surface area is 150 Å². The normalized spacial score (nSPS) is 22.7. The number of likely N-dealkylation sites (tertiary alicyclic amines) is 1. The van der Waals surface area contributed by atoms with Gasteiger partial charge in [-0.25, -0.2) is 4.98 Å². The molecule has 0 spiro atoms. The number of hydrogen-bond acceptors (Lipinski definition) is 6. The Morgan fingerprint density at radius 2 is 2.12 bits per heavy atom. The van der Waals surface area contributed by atoms with E-state index >= 15 is 0 Å². The van der Waals surface area contributed by atoms with Crippen molar-refractivity contribution in [3.63, 3.8) is 0 Å². The van der Waals surface area contributed by atoms with Crippen molar-refractivity contribution in [1.29, 1.82) is 0 Å². The number of piperidine rings is 1. The summed E-state index contributed by atoms with van der Waals surface area (Å²) < 4.78 is 11.2. The molecule has 0 unspecified atom stereocenters. The highest BCUT2D eigenvalue weighted by atomic mass is 32.1. The summed E-state index contributed by atoms with van der Waals surface area (Å²) in [6.07, 6.45) is 1.68. The third-order valence-electron chi connectivity index (χ3n) is 4.69. The lowest BCUT2D eigenvalue weighted by molar-refractivity contribution is 0.0614. The van der Waals surface area contributed by atoms with E-state index < -0.39 is 0 Å². The number of carbonyl (C=O) groups is 1. The molecule has 1 aromatic heterocycles. The molecule has 1 aromatic carbocycles. The lowest BCUT2D eigenvalue weighted by Crippen LogP contribution is -2.48. The van der Waals surface area contributed by atoms with Gasteiger partial charge < -0.3 is 20.1 Å². The number of ether oxygens (including phenoxy) is 2. The van der Waals surface area contributed by atoms with Crippen molar-refractivity contribution in [1.82, 2.24) is 9.88 Å². The Morgan fingerprint density at radius 3 is 2.92 bits per heavy atom. The summed E-state index contributed by atoms with van der Waals surface area (Å²) >= 11 is 1.47. The van der Waals surface area contributed by atoms with Gasteiger partial charge in [0.2, 0.25) is 0 Å². The van der Waals surface area contributed by atoms with Crippen molar-refractivity contribution in [2.24, 2.45) is 5.73 Å². The predicted molar refractivity (Wildman–Crippen MR) is 96.2 cm³/mol. The second-order valence-electron chi connectivity index (χ2n) is 6.53. The molecule has 1 saturated heterocycles. The van der Waals surface area contributed by atoms with Crippen LogP contribution in [0.5, 0.6) is 11.5 Å². The van der Waals surface area contributed by atoms with E-state index in [4.69, 9.17) is 15.2 Å². The average molecular weight is 359 g/mol. The molecule has 0 radical (unpaired) electrons. The fourth-order valence-corrected chi connectivity index (χ4v) is 4.13. The van der Waals surface area contributed by atoms with Crippen LogP contribution in [-0.4, -0.2) is 47.6 Å². The van der Waals surface area contributed by atoms with E-state index in [1.54, 1.807) is 0 Å². The van der Waals surface area contributed by atoms with Gasteiger partial charge >= 0.3 is 0 Å². The van der Waals surface area contributed by atoms with E-state index in [9.17, 15) is 4.79 Å². The van der Waals surface area contributed by atoms with Gasteiger partial charge in [0.15, 0.2) is 11.5 Å². The molecular weight excluding hydrogens is 338 g/mol. The number of hydrogen-bond donors (Lipinski definition) is 1. The van der Waals surface area contributed by atoms with Crippen LogP contribution in [-0.2, 0) is 0 Å². The molecule has 1 amide bonds. The largest absolute Gasteiger partial charge is 0.486 e. The van der Waals surface area contributed by atoms with Gasteiger partial charge in [0, 0.05) is 29.6 Å². The van der Waals surface area contributed by atoms with Gasteiger partial charge in [-0.05, 0) is 38.0 Å². The molecule has 2 aliphatic rings. The number of amides is 1. The zero-order valence-electron chi connectivity index (χ0n) is 14.1. The van der Waals surface area contributed by atoms with Crippen molar-refractivity contribution < 1.29 is 14.3 Å². The third kappa shape index (κ3) is 3.21. The Balaban J connectivity index is 1.55. The van der Waals surface area contributed by atoms with Crippen LogP contribution in [0.2, 0.25) is 0 Å². The second-order valence-corrected chi connectivity index (χ2v) is 7.39. The van der Waals surface area contributed by atoms with Crippen LogP contribution >= 0.6 is 11.3 Å². The molecule has 4 rings (SSSR count). The van der Waals surface area contributed by atoms with Crippen molar-refractivity contribution in [2.45, 2.75) is 31.8 Å². The van der Waals surface area contributed by atoms with E-state index in [2.05, 4.69) is 4.98 Å². The number of thiazole rings is 1. The summed E-state index contributed by atoms with van der Waals surface area (Å²) in [6, 6.07) is 6.09. The lowest BCUT2D eigenvalue weighted by atomic mass is 9.99. The molecule has 3 heterocycles. The maximum atomic E-state index is 12.8. The first kappa shape index (κ1) is 16.4. The molecule has 6 nitrogen and oxygen atoms in total. The van der Waals surface area contributed by atoms with Gasteiger partial charge in [0.1, 0.15) is 23.9 Å². The summed E-state index contributed by atoms with van der Waals surface area (Å²) in [7, 11) is 0. The van der Waals surface area contributed by atoms with Gasteiger partial charge in [-0.3, -0.25) is 4.79 Å². The summed E-state index contributed by atoms with van der Waals surface area (Å²) in [5, 5.41) is 2.64. The standard InChI is InChI=1S/C18H21N3O3S/c1-11-8-13(19)4-5-21(11)18(22)14-10-25-17(20-14)12-2-3-15-16(9-12)24-7-6-23-15/h2-3,9-11,13H,4-8,19H2,1H3/t11-,13-/m0/s1. The van der Waals surface area contributed by atoms with Crippen LogP contribution < -0.4 is 15.2 Å². The maximum Gasteiger partial charge on any atom is 0.273 e. The number of fused-ring (bicyclic) bond motifs is 1. The Morgan fingerprint density at radius 1 is 1.32 bits per heavy atom. The predicted octanol–water partition coefficient (Wildman–Crippen LogP) is 2.53. The summed E-state index contributed by atoms with van der Waals surface area (Å²) in [5.74, 6) is 1.46. The molecule has 2 aromatic rings. The maximum absolute atomic E-state index is 12.8. The topological polar surface area (TPSA) is 77.7 Å². The van der Waals surface area contributed by atoms with E-state index in [0.29, 0.717) is 25.5 Å². The second kappa shape index (κ2) is 6.65. The summed E-state index contributed by atoms with van der Waals surface area (Å²) in [6.45, 7) is 3.86. The van der Waals surface area contributed by atoms with Crippen LogP contribution in [0, 0.1) is 0 Å². The summed E-state index contributed by atoms with van der Waals surface area (Å²) in [5.41, 5.74) is 7.42. The molecule has 2 atom stereocenters. The molecule has 25 heavy (non-hydrogen) atoms. The van der Waals surface area contributed by atoms with Crippen molar-refractivity contribution in [2.75, 3.05) is 19.8 Å². The SMILES string of the molecule is C[C@H]1C[C@@H](N)CCN1C(=O)c1csc(-c2ccc3c(c2)OCCO3)n1. The van der Waals surface area contributed by atoms with Crippen molar-refractivity contribution in [3.8, 4) is 22.1 Å². The van der Waals surface area contributed by atoms with E-state index in [1.807, 2.05) is 35.4 Å². The molecular formula is C18H21N3O3S. The third-order valence-corrected chi connectivity index (χ3v) is 5.58. The minimum absolute atomic E-state index is 0.0144. The van der Waals surface area contributed by atoms with Gasteiger partial charge in [-0.15, -0.1) is 11.3 Å². The van der Waals surface area contributed by atoms with Gasteiger partial charge in [-0.2, -0.15) is 0 Å². The van der Waals surface area contributed by atoms with Gasteiger partial charge in [0.25, 0.3) is 5.91 Å². The van der Waals surface area contributed by atoms with Crippen LogP contribution in [0.3, 0.4) is 0 Å². The molecule has 7 heteroatoms. The summed E-state index contributed by atoms with van der Waals surface area (Å²) in [4.78, 5) is 19.2. The average Bonchev–Trinajstić information content (AvgIpc) is 3.11. The van der Waals surface area contributed by atoms with Crippen LogP contribution in [0.25, 0.3) is 10.6 Å². The zero-order valence-corrected chi connectivity index (χ0v) is 14.9. The minimum atomic E-state index is -0.0144. The monoisotopic (exact) mass is 359 g/mol. The Hall–Kier alpha value is -2.12.